The average Bonchev–Trinajstić information content (AvgIpc) is 3.22. The van der Waals surface area contributed by atoms with Crippen molar-refractivity contribution in [3.63, 3.8) is 0 Å². The van der Waals surface area contributed by atoms with Crippen molar-refractivity contribution >= 4 is 10.0 Å². The number of hydrogen-bond acceptors (Lipinski definition) is 3. The summed E-state index contributed by atoms with van der Waals surface area (Å²) in [6, 6.07) is 7.33. The zero-order chi connectivity index (χ0) is 15.7. The van der Waals surface area contributed by atoms with Gasteiger partial charge in [-0.2, -0.15) is 0 Å². The molecule has 21 heavy (non-hydrogen) atoms. The third-order valence-electron chi connectivity index (χ3n) is 4.17. The second kappa shape index (κ2) is 6.07. The maximum atomic E-state index is 12.6. The molecule has 1 atom stereocenters. The highest BCUT2D eigenvalue weighted by Crippen LogP contribution is 2.40. The highest BCUT2D eigenvalue weighted by Gasteiger charge is 2.40. The molecule has 2 N–H and O–H groups in total. The van der Waals surface area contributed by atoms with Crippen molar-refractivity contribution in [1.29, 1.82) is 0 Å². The predicted octanol–water partition coefficient (Wildman–Crippen LogP) is 2.82. The lowest BCUT2D eigenvalue weighted by molar-refractivity contribution is 0.400. The van der Waals surface area contributed by atoms with Gasteiger partial charge in [0.25, 0.3) is 0 Å². The van der Waals surface area contributed by atoms with E-state index >= 15 is 0 Å². The van der Waals surface area contributed by atoms with Crippen molar-refractivity contribution in [1.82, 2.24) is 10.0 Å². The quantitative estimate of drug-likeness (QED) is 0.814. The minimum absolute atomic E-state index is 0.140. The molecule has 1 saturated carbocycles. The minimum atomic E-state index is -3.47. The van der Waals surface area contributed by atoms with Gasteiger partial charge in [-0.15, -0.1) is 0 Å². The molecule has 1 aliphatic rings. The van der Waals surface area contributed by atoms with E-state index in [-0.39, 0.29) is 11.6 Å². The topological polar surface area (TPSA) is 58.2 Å². The van der Waals surface area contributed by atoms with E-state index in [1.165, 1.54) is 0 Å². The van der Waals surface area contributed by atoms with Crippen molar-refractivity contribution in [3.8, 4) is 0 Å². The summed E-state index contributed by atoms with van der Waals surface area (Å²) in [7, 11) is -3.47. The van der Waals surface area contributed by atoms with Crippen molar-refractivity contribution in [2.75, 3.05) is 6.54 Å². The van der Waals surface area contributed by atoms with Crippen LogP contribution in [-0.2, 0) is 10.0 Å². The molecule has 0 spiro atoms. The maximum Gasteiger partial charge on any atom is 0.241 e. The van der Waals surface area contributed by atoms with E-state index in [1.807, 2.05) is 39.8 Å². The van der Waals surface area contributed by atoms with E-state index in [0.29, 0.717) is 10.8 Å². The van der Waals surface area contributed by atoms with E-state index in [1.54, 1.807) is 12.1 Å². The van der Waals surface area contributed by atoms with E-state index < -0.39 is 10.0 Å². The molecule has 1 unspecified atom stereocenters. The van der Waals surface area contributed by atoms with Crippen LogP contribution in [0.3, 0.4) is 0 Å². The summed E-state index contributed by atoms with van der Waals surface area (Å²) in [5.41, 5.74) is 0.617. The van der Waals surface area contributed by atoms with Crippen LogP contribution in [0.4, 0.5) is 0 Å². The highest BCUT2D eigenvalue weighted by atomic mass is 32.2. The monoisotopic (exact) mass is 310 g/mol. The zero-order valence-electron chi connectivity index (χ0n) is 13.3. The van der Waals surface area contributed by atoms with Crippen LogP contribution in [0.1, 0.15) is 52.1 Å². The molecule has 1 aromatic carbocycles. The van der Waals surface area contributed by atoms with Gasteiger partial charge in [-0.05, 0) is 63.8 Å². The summed E-state index contributed by atoms with van der Waals surface area (Å²) in [5, 5.41) is 3.30. The van der Waals surface area contributed by atoms with Gasteiger partial charge in [0.15, 0.2) is 0 Å². The van der Waals surface area contributed by atoms with Crippen molar-refractivity contribution in [2.24, 2.45) is 5.92 Å². The molecular weight excluding hydrogens is 284 g/mol. The number of sulfonamides is 1. The molecule has 0 saturated heterocycles. The first-order valence-electron chi connectivity index (χ1n) is 7.63. The first-order chi connectivity index (χ1) is 9.76. The van der Waals surface area contributed by atoms with E-state index in [9.17, 15) is 8.42 Å². The fraction of sp³-hybridized carbons (Fsp3) is 0.625. The first kappa shape index (κ1) is 16.5. The smallest absolute Gasteiger partial charge is 0.241 e. The van der Waals surface area contributed by atoms with Crippen LogP contribution < -0.4 is 10.0 Å². The fourth-order valence-corrected chi connectivity index (χ4v) is 4.19. The number of nitrogens with one attached hydrogen (secondary N) is 2. The SMILES string of the molecule is CCNC(C)c1cccc(S(=O)(=O)NC(C)(C)C2CC2)c1. The third kappa shape index (κ3) is 4.05. The summed E-state index contributed by atoms with van der Waals surface area (Å²) >= 11 is 0. The second-order valence-electron chi connectivity index (χ2n) is 6.45. The molecule has 5 heteroatoms. The number of rotatable bonds is 7. The van der Waals surface area contributed by atoms with E-state index in [4.69, 9.17) is 0 Å². The molecule has 0 heterocycles. The molecule has 0 bridgehead atoms. The standard InChI is InChI=1S/C16H26N2O2S/c1-5-17-12(2)13-7-6-8-15(11-13)21(19,20)18-16(3,4)14-9-10-14/h6-8,11-12,14,17-18H,5,9-10H2,1-4H3. The zero-order valence-corrected chi connectivity index (χ0v) is 14.1. The molecule has 1 aromatic rings. The molecule has 2 rings (SSSR count). The van der Waals surface area contributed by atoms with Gasteiger partial charge in [0.1, 0.15) is 0 Å². The van der Waals surface area contributed by atoms with Gasteiger partial charge in [0, 0.05) is 11.6 Å². The van der Waals surface area contributed by atoms with Crippen LogP contribution in [0.2, 0.25) is 0 Å². The van der Waals surface area contributed by atoms with Gasteiger partial charge in [-0.25, -0.2) is 13.1 Å². The summed E-state index contributed by atoms with van der Waals surface area (Å²) < 4.78 is 28.0. The molecule has 1 fully saturated rings. The van der Waals surface area contributed by atoms with Gasteiger partial charge in [-0.1, -0.05) is 19.1 Å². The molecule has 0 radical (unpaired) electrons. The summed E-state index contributed by atoms with van der Waals surface area (Å²) in [5.74, 6) is 0.455. The van der Waals surface area contributed by atoms with Crippen molar-refractivity contribution in [2.45, 2.75) is 57.0 Å². The van der Waals surface area contributed by atoms with Gasteiger partial charge in [0.05, 0.1) is 4.90 Å². The molecule has 0 aromatic heterocycles. The normalized spacial score (nSPS) is 17.7. The molecular formula is C16H26N2O2S. The Hall–Kier alpha value is -0.910. The summed E-state index contributed by atoms with van der Waals surface area (Å²) in [4.78, 5) is 0.346. The van der Waals surface area contributed by atoms with Crippen LogP contribution in [0.5, 0.6) is 0 Å². The molecule has 1 aliphatic carbocycles. The minimum Gasteiger partial charge on any atom is -0.310 e. The molecule has 118 valence electrons. The number of benzene rings is 1. The average molecular weight is 310 g/mol. The Bertz CT molecular complexity index is 592. The lowest BCUT2D eigenvalue weighted by Crippen LogP contribution is -2.45. The van der Waals surface area contributed by atoms with Crippen LogP contribution in [-0.4, -0.2) is 20.5 Å². The Morgan fingerprint density at radius 3 is 2.57 bits per heavy atom. The van der Waals surface area contributed by atoms with Crippen molar-refractivity contribution in [3.05, 3.63) is 29.8 Å². The maximum absolute atomic E-state index is 12.6. The van der Waals surface area contributed by atoms with E-state index in [0.717, 1.165) is 24.9 Å². The van der Waals surface area contributed by atoms with Crippen LogP contribution in [0.15, 0.2) is 29.2 Å². The Labute approximate surface area is 128 Å². The predicted molar refractivity (Wildman–Crippen MR) is 85.7 cm³/mol. The molecule has 0 amide bonds. The second-order valence-corrected chi connectivity index (χ2v) is 8.14. The molecule has 4 nitrogen and oxygen atoms in total. The first-order valence-corrected chi connectivity index (χ1v) is 9.12. The lowest BCUT2D eigenvalue weighted by Gasteiger charge is -2.26. The Kier molecular flexibility index (Phi) is 4.76. The van der Waals surface area contributed by atoms with E-state index in [2.05, 4.69) is 10.0 Å². The number of hydrogen-bond donors (Lipinski definition) is 2. The summed E-state index contributed by atoms with van der Waals surface area (Å²) in [6.45, 7) is 8.86. The lowest BCUT2D eigenvalue weighted by atomic mass is 10.0. The van der Waals surface area contributed by atoms with Gasteiger partial charge < -0.3 is 5.32 Å². The summed E-state index contributed by atoms with van der Waals surface area (Å²) in [6.07, 6.45) is 2.21. The van der Waals surface area contributed by atoms with Crippen LogP contribution in [0, 0.1) is 5.92 Å². The van der Waals surface area contributed by atoms with Crippen LogP contribution >= 0.6 is 0 Å². The fourth-order valence-electron chi connectivity index (χ4n) is 2.67. The largest absolute Gasteiger partial charge is 0.310 e. The highest BCUT2D eigenvalue weighted by molar-refractivity contribution is 7.89. The van der Waals surface area contributed by atoms with Crippen molar-refractivity contribution < 1.29 is 8.42 Å². The van der Waals surface area contributed by atoms with Gasteiger partial charge in [0.2, 0.25) is 10.0 Å². The Morgan fingerprint density at radius 2 is 2.00 bits per heavy atom. The van der Waals surface area contributed by atoms with Gasteiger partial charge in [-0.3, -0.25) is 0 Å². The third-order valence-corrected chi connectivity index (χ3v) is 5.84. The van der Waals surface area contributed by atoms with Gasteiger partial charge >= 0.3 is 0 Å². The Morgan fingerprint density at radius 1 is 1.33 bits per heavy atom. The molecule has 0 aliphatic heterocycles. The van der Waals surface area contributed by atoms with Crippen LogP contribution in [0.25, 0.3) is 0 Å². The Balaban J connectivity index is 2.21.